The lowest BCUT2D eigenvalue weighted by Crippen LogP contribution is -2.28. The van der Waals surface area contributed by atoms with E-state index in [0.29, 0.717) is 12.2 Å². The van der Waals surface area contributed by atoms with E-state index in [-0.39, 0.29) is 30.3 Å². The van der Waals surface area contributed by atoms with Gasteiger partial charge in [-0.1, -0.05) is 0 Å². The average Bonchev–Trinajstić information content (AvgIpc) is 3.04. The Morgan fingerprint density at radius 1 is 1.07 bits per heavy atom. The summed E-state index contributed by atoms with van der Waals surface area (Å²) in [7, 11) is 1.59. The number of ether oxygens (including phenoxy) is 2. The van der Waals surface area contributed by atoms with Gasteiger partial charge in [-0.05, 0) is 62.4 Å². The van der Waals surface area contributed by atoms with Gasteiger partial charge in [-0.2, -0.15) is 0 Å². The first kappa shape index (κ1) is 18.8. The van der Waals surface area contributed by atoms with Crippen molar-refractivity contribution in [1.29, 1.82) is 0 Å². The molecule has 0 aliphatic carbocycles. The fraction of sp³-hybridized carbons (Fsp3) is 0.333. The predicted molar refractivity (Wildman–Crippen MR) is 104 cm³/mol. The molecule has 2 amide bonds. The van der Waals surface area contributed by atoms with Crippen LogP contribution in [0.5, 0.6) is 11.5 Å². The molecule has 0 bridgehead atoms. The Labute approximate surface area is 159 Å². The maximum absolute atomic E-state index is 12.5. The molecule has 2 aromatic rings. The van der Waals surface area contributed by atoms with Gasteiger partial charge in [0.1, 0.15) is 11.5 Å². The molecule has 1 aliphatic heterocycles. The number of nitrogens with one attached hydrogen (secondary N) is 1. The molecule has 1 aliphatic rings. The van der Waals surface area contributed by atoms with Gasteiger partial charge in [0, 0.05) is 24.3 Å². The van der Waals surface area contributed by atoms with Crippen LogP contribution in [-0.2, 0) is 9.59 Å². The zero-order valence-corrected chi connectivity index (χ0v) is 15.8. The van der Waals surface area contributed by atoms with E-state index in [1.54, 1.807) is 36.3 Å². The number of nitrogens with zero attached hydrogens (tertiary/aromatic N) is 1. The zero-order valence-electron chi connectivity index (χ0n) is 15.8. The van der Waals surface area contributed by atoms with Gasteiger partial charge in [0.25, 0.3) is 0 Å². The third-order valence-electron chi connectivity index (χ3n) is 4.37. The molecule has 142 valence electrons. The van der Waals surface area contributed by atoms with Crippen molar-refractivity contribution in [3.63, 3.8) is 0 Å². The number of benzene rings is 2. The summed E-state index contributed by atoms with van der Waals surface area (Å²) in [4.78, 5) is 26.6. The van der Waals surface area contributed by atoms with E-state index in [0.717, 1.165) is 17.2 Å². The molecule has 1 N–H and O–H groups in total. The molecule has 1 atom stereocenters. The first-order valence-corrected chi connectivity index (χ1v) is 8.98. The van der Waals surface area contributed by atoms with Crippen molar-refractivity contribution >= 4 is 23.2 Å². The number of methoxy groups -OCH3 is 1. The Bertz CT molecular complexity index is 800. The minimum atomic E-state index is -0.383. The summed E-state index contributed by atoms with van der Waals surface area (Å²) >= 11 is 0. The monoisotopic (exact) mass is 368 g/mol. The third kappa shape index (κ3) is 4.58. The fourth-order valence-corrected chi connectivity index (χ4v) is 3.03. The summed E-state index contributed by atoms with van der Waals surface area (Å²) in [5.41, 5.74) is 1.46. The van der Waals surface area contributed by atoms with Gasteiger partial charge in [0.05, 0.1) is 19.1 Å². The number of hydrogen-bond acceptors (Lipinski definition) is 4. The highest BCUT2D eigenvalue weighted by atomic mass is 16.5. The van der Waals surface area contributed by atoms with E-state index in [9.17, 15) is 9.59 Å². The van der Waals surface area contributed by atoms with Gasteiger partial charge in [-0.15, -0.1) is 0 Å². The largest absolute Gasteiger partial charge is 0.497 e. The minimum Gasteiger partial charge on any atom is -0.497 e. The molecule has 6 nitrogen and oxygen atoms in total. The molecule has 6 heteroatoms. The predicted octanol–water partition coefficient (Wildman–Crippen LogP) is 3.47. The molecule has 0 radical (unpaired) electrons. The molecule has 0 aromatic heterocycles. The summed E-state index contributed by atoms with van der Waals surface area (Å²) < 4.78 is 10.7. The lowest BCUT2D eigenvalue weighted by molar-refractivity contribution is -0.122. The van der Waals surface area contributed by atoms with Crippen LogP contribution in [0.2, 0.25) is 0 Å². The van der Waals surface area contributed by atoms with Gasteiger partial charge >= 0.3 is 0 Å². The third-order valence-corrected chi connectivity index (χ3v) is 4.37. The number of hydrogen-bond donors (Lipinski definition) is 1. The van der Waals surface area contributed by atoms with Crippen molar-refractivity contribution in [3.8, 4) is 11.5 Å². The summed E-state index contributed by atoms with van der Waals surface area (Å²) in [5.74, 6) is 0.888. The molecule has 0 saturated carbocycles. The molecule has 27 heavy (non-hydrogen) atoms. The Hall–Kier alpha value is -3.02. The summed E-state index contributed by atoms with van der Waals surface area (Å²) in [6.45, 7) is 4.29. The molecule has 1 heterocycles. The zero-order chi connectivity index (χ0) is 19.4. The molecule has 0 unspecified atom stereocenters. The van der Waals surface area contributed by atoms with Crippen LogP contribution in [0.4, 0.5) is 11.4 Å². The van der Waals surface area contributed by atoms with Crippen molar-refractivity contribution in [2.75, 3.05) is 23.9 Å². The summed E-state index contributed by atoms with van der Waals surface area (Å²) in [6.07, 6.45) is 0.293. The lowest BCUT2D eigenvalue weighted by atomic mass is 10.1. The Morgan fingerprint density at radius 2 is 1.70 bits per heavy atom. The standard InChI is InChI=1S/C21H24N2O4/c1-14(2)27-19-10-6-17(7-11-19)23-13-15(12-20(23)24)21(25)22-16-4-8-18(26-3)9-5-16/h4-11,14-15H,12-13H2,1-3H3,(H,22,25)/t15-/m0/s1. The second-order valence-electron chi connectivity index (χ2n) is 6.78. The Kier molecular flexibility index (Phi) is 5.64. The first-order chi connectivity index (χ1) is 13.0. The molecule has 3 rings (SSSR count). The molecular weight excluding hydrogens is 344 g/mol. The van der Waals surface area contributed by atoms with Crippen LogP contribution in [0.25, 0.3) is 0 Å². The topological polar surface area (TPSA) is 67.9 Å². The maximum Gasteiger partial charge on any atom is 0.229 e. The maximum atomic E-state index is 12.5. The average molecular weight is 368 g/mol. The quantitative estimate of drug-likeness (QED) is 0.848. The molecule has 1 fully saturated rings. The van der Waals surface area contributed by atoms with E-state index in [1.807, 2.05) is 38.1 Å². The van der Waals surface area contributed by atoms with E-state index in [1.165, 1.54) is 0 Å². The van der Waals surface area contributed by atoms with Crippen LogP contribution >= 0.6 is 0 Å². The highest BCUT2D eigenvalue weighted by Crippen LogP contribution is 2.28. The van der Waals surface area contributed by atoms with Crippen molar-refractivity contribution < 1.29 is 19.1 Å². The van der Waals surface area contributed by atoms with Gasteiger partial charge < -0.3 is 19.7 Å². The molecule has 0 spiro atoms. The van der Waals surface area contributed by atoms with Gasteiger partial charge in [0.15, 0.2) is 0 Å². The fourth-order valence-electron chi connectivity index (χ4n) is 3.03. The number of carbonyl (C=O) groups excluding carboxylic acids is 2. The van der Waals surface area contributed by atoms with E-state index >= 15 is 0 Å². The van der Waals surface area contributed by atoms with Crippen LogP contribution in [0.3, 0.4) is 0 Å². The smallest absolute Gasteiger partial charge is 0.229 e. The first-order valence-electron chi connectivity index (χ1n) is 8.98. The van der Waals surface area contributed by atoms with Crippen LogP contribution < -0.4 is 19.7 Å². The number of anilines is 2. The molecule has 2 aromatic carbocycles. The van der Waals surface area contributed by atoms with E-state index < -0.39 is 0 Å². The van der Waals surface area contributed by atoms with Crippen LogP contribution in [0.1, 0.15) is 20.3 Å². The normalized spacial score (nSPS) is 16.5. The van der Waals surface area contributed by atoms with E-state index in [4.69, 9.17) is 9.47 Å². The second kappa shape index (κ2) is 8.12. The van der Waals surface area contributed by atoms with Gasteiger partial charge in [0.2, 0.25) is 11.8 Å². The minimum absolute atomic E-state index is 0.0533. The van der Waals surface area contributed by atoms with Crippen molar-refractivity contribution in [2.24, 2.45) is 5.92 Å². The van der Waals surface area contributed by atoms with E-state index in [2.05, 4.69) is 5.32 Å². The van der Waals surface area contributed by atoms with Crippen LogP contribution in [-0.4, -0.2) is 31.6 Å². The molecular formula is C21H24N2O4. The second-order valence-corrected chi connectivity index (χ2v) is 6.78. The van der Waals surface area contributed by atoms with Crippen molar-refractivity contribution in [1.82, 2.24) is 0 Å². The number of carbonyl (C=O) groups is 2. The van der Waals surface area contributed by atoms with Crippen molar-refractivity contribution in [2.45, 2.75) is 26.4 Å². The van der Waals surface area contributed by atoms with Crippen LogP contribution in [0, 0.1) is 5.92 Å². The van der Waals surface area contributed by atoms with Gasteiger partial charge in [-0.25, -0.2) is 0 Å². The summed E-state index contributed by atoms with van der Waals surface area (Å²) in [6, 6.07) is 14.5. The van der Waals surface area contributed by atoms with Gasteiger partial charge in [-0.3, -0.25) is 9.59 Å². The highest BCUT2D eigenvalue weighted by molar-refractivity contribution is 6.03. The number of rotatable bonds is 6. The van der Waals surface area contributed by atoms with Crippen LogP contribution in [0.15, 0.2) is 48.5 Å². The SMILES string of the molecule is COc1ccc(NC(=O)[C@H]2CC(=O)N(c3ccc(OC(C)C)cc3)C2)cc1. The van der Waals surface area contributed by atoms with Crippen molar-refractivity contribution in [3.05, 3.63) is 48.5 Å². The highest BCUT2D eigenvalue weighted by Gasteiger charge is 2.35. The Balaban J connectivity index is 1.62. The Morgan fingerprint density at radius 3 is 2.30 bits per heavy atom. The summed E-state index contributed by atoms with van der Waals surface area (Å²) in [5, 5.41) is 2.87. The lowest BCUT2D eigenvalue weighted by Gasteiger charge is -2.18. The molecule has 1 saturated heterocycles. The number of amides is 2.